The average molecular weight is 486 g/mol. The van der Waals surface area contributed by atoms with Gasteiger partial charge in [-0.2, -0.15) is 13.2 Å². The van der Waals surface area contributed by atoms with Crippen LogP contribution in [0.4, 0.5) is 18.9 Å². The third kappa shape index (κ3) is 4.38. The van der Waals surface area contributed by atoms with Gasteiger partial charge in [-0.1, -0.05) is 0 Å². The Morgan fingerprint density at radius 2 is 1.83 bits per heavy atom. The highest BCUT2D eigenvalue weighted by Crippen LogP contribution is 2.37. The second-order valence-electron chi connectivity index (χ2n) is 9.18. The highest BCUT2D eigenvalue weighted by molar-refractivity contribution is 5.95. The molecule has 1 amide bonds. The van der Waals surface area contributed by atoms with E-state index in [1.54, 1.807) is 31.2 Å². The highest BCUT2D eigenvalue weighted by atomic mass is 19.4. The number of carbonyl (C=O) groups excluding carboxylic acids is 1. The van der Waals surface area contributed by atoms with Crippen LogP contribution in [0.2, 0.25) is 0 Å². The lowest BCUT2D eigenvalue weighted by Crippen LogP contribution is -2.49. The summed E-state index contributed by atoms with van der Waals surface area (Å²) < 4.78 is 47.2. The number of fused-ring (bicyclic) bond motifs is 3. The van der Waals surface area contributed by atoms with Gasteiger partial charge < -0.3 is 19.9 Å². The largest absolute Gasteiger partial charge is 0.416 e. The number of halogens is 3. The summed E-state index contributed by atoms with van der Waals surface area (Å²) in [6.45, 7) is 4.20. The Labute approximate surface area is 199 Å². The van der Waals surface area contributed by atoms with Crippen LogP contribution in [0.5, 0.6) is 0 Å². The molecule has 2 fully saturated rings. The molecular weight excluding hydrogens is 461 g/mol. The van der Waals surface area contributed by atoms with Crippen LogP contribution < -0.4 is 10.9 Å². The Hall–Kier alpha value is -3.40. The SMILES string of the molecule is Cc1nc2cc(C(F)(F)F)c([C@H](C)Nc3ccc(C(=O)N4[C@@H]5CC[C@H]4COC5)cc3)cc2c(=O)[nH]1. The van der Waals surface area contributed by atoms with E-state index in [4.69, 9.17) is 4.74 Å². The van der Waals surface area contributed by atoms with E-state index >= 15 is 0 Å². The highest BCUT2D eigenvalue weighted by Gasteiger charge is 2.40. The molecule has 2 aliphatic heterocycles. The van der Waals surface area contributed by atoms with Crippen LogP contribution in [-0.2, 0) is 10.9 Å². The topological polar surface area (TPSA) is 87.3 Å². The minimum Gasteiger partial charge on any atom is -0.379 e. The number of carbonyl (C=O) groups is 1. The van der Waals surface area contributed by atoms with Gasteiger partial charge in [0.15, 0.2) is 0 Å². The van der Waals surface area contributed by atoms with Crippen LogP contribution in [0.25, 0.3) is 10.9 Å². The molecule has 2 saturated heterocycles. The third-order valence-corrected chi connectivity index (χ3v) is 6.76. The molecule has 2 aromatic carbocycles. The second-order valence-corrected chi connectivity index (χ2v) is 9.18. The monoisotopic (exact) mass is 486 g/mol. The molecule has 10 heteroatoms. The van der Waals surface area contributed by atoms with Crippen molar-refractivity contribution >= 4 is 22.5 Å². The van der Waals surface area contributed by atoms with E-state index in [0.29, 0.717) is 24.5 Å². The molecule has 7 nitrogen and oxygen atoms in total. The number of nitrogens with zero attached hydrogens (tertiary/aromatic N) is 2. The molecule has 3 aromatic rings. The number of aryl methyl sites for hydroxylation is 1. The Morgan fingerprint density at radius 3 is 2.46 bits per heavy atom. The minimum atomic E-state index is -4.62. The van der Waals surface area contributed by atoms with E-state index in [9.17, 15) is 22.8 Å². The zero-order valence-corrected chi connectivity index (χ0v) is 19.3. The number of H-pyrrole nitrogens is 1. The lowest BCUT2D eigenvalue weighted by Gasteiger charge is -2.34. The Balaban J connectivity index is 1.40. The maximum Gasteiger partial charge on any atom is 0.416 e. The Morgan fingerprint density at radius 1 is 1.17 bits per heavy atom. The van der Waals surface area contributed by atoms with Crippen molar-refractivity contribution in [2.24, 2.45) is 0 Å². The van der Waals surface area contributed by atoms with Gasteiger partial charge in [-0.05, 0) is 68.7 Å². The number of aromatic amines is 1. The van der Waals surface area contributed by atoms with Gasteiger partial charge in [-0.3, -0.25) is 9.59 Å². The standard InChI is InChI=1S/C25H25F3N4O3/c1-13(19-9-20-22(10-21(19)25(26,27)28)30-14(2)31-23(20)33)29-16-5-3-15(4-6-16)24(34)32-17-7-8-18(32)12-35-11-17/h3-6,9-10,13,17-18,29H,7-8,11-12H2,1-2H3,(H,30,31,33)/t13-,17-,18+/m0/s1. The van der Waals surface area contributed by atoms with Crippen molar-refractivity contribution in [3.05, 3.63) is 69.3 Å². The number of ether oxygens (including phenoxy) is 1. The van der Waals surface area contributed by atoms with Gasteiger partial charge in [0.1, 0.15) is 5.82 Å². The number of alkyl halides is 3. The number of hydrogen-bond acceptors (Lipinski definition) is 5. The zero-order valence-electron chi connectivity index (χ0n) is 19.3. The molecular formula is C25H25F3N4O3. The number of amides is 1. The van der Waals surface area contributed by atoms with Gasteiger partial charge in [0.25, 0.3) is 11.5 Å². The van der Waals surface area contributed by atoms with E-state index in [1.807, 2.05) is 4.90 Å². The van der Waals surface area contributed by atoms with Crippen LogP contribution in [0.3, 0.4) is 0 Å². The van der Waals surface area contributed by atoms with Crippen LogP contribution in [0.1, 0.15) is 53.1 Å². The first kappa shape index (κ1) is 23.3. The predicted molar refractivity (Wildman–Crippen MR) is 124 cm³/mol. The summed E-state index contributed by atoms with van der Waals surface area (Å²) in [7, 11) is 0. The van der Waals surface area contributed by atoms with Gasteiger partial charge in [-0.15, -0.1) is 0 Å². The first-order chi connectivity index (χ1) is 16.6. The summed E-state index contributed by atoms with van der Waals surface area (Å²) in [4.78, 5) is 33.9. The van der Waals surface area contributed by atoms with E-state index < -0.39 is 23.3 Å². The normalized spacial score (nSPS) is 20.8. The number of hydrogen-bond donors (Lipinski definition) is 2. The van der Waals surface area contributed by atoms with Crippen molar-refractivity contribution in [2.75, 3.05) is 18.5 Å². The molecule has 3 heterocycles. The summed E-state index contributed by atoms with van der Waals surface area (Å²) >= 11 is 0. The van der Waals surface area contributed by atoms with E-state index in [-0.39, 0.29) is 40.3 Å². The second kappa shape index (κ2) is 8.67. The smallest absolute Gasteiger partial charge is 0.379 e. The van der Waals surface area contributed by atoms with Crippen molar-refractivity contribution in [2.45, 2.75) is 51.0 Å². The molecule has 35 heavy (non-hydrogen) atoms. The number of anilines is 1. The molecule has 1 aromatic heterocycles. The molecule has 2 N–H and O–H groups in total. The quantitative estimate of drug-likeness (QED) is 0.570. The molecule has 0 spiro atoms. The van der Waals surface area contributed by atoms with Crippen LogP contribution in [0.15, 0.2) is 41.2 Å². The molecule has 5 rings (SSSR count). The summed E-state index contributed by atoms with van der Waals surface area (Å²) in [5, 5.41) is 3.16. The van der Waals surface area contributed by atoms with Crippen LogP contribution >= 0.6 is 0 Å². The van der Waals surface area contributed by atoms with Gasteiger partial charge in [0.05, 0.1) is 41.8 Å². The van der Waals surface area contributed by atoms with E-state index in [2.05, 4.69) is 15.3 Å². The number of nitrogens with one attached hydrogen (secondary N) is 2. The van der Waals surface area contributed by atoms with Gasteiger partial charge in [0.2, 0.25) is 0 Å². The lowest BCUT2D eigenvalue weighted by molar-refractivity contribution is -0.138. The summed E-state index contributed by atoms with van der Waals surface area (Å²) in [6, 6.07) is 8.29. The molecule has 0 saturated carbocycles. The fraction of sp³-hybridized carbons (Fsp3) is 0.400. The zero-order chi connectivity index (χ0) is 24.9. The lowest BCUT2D eigenvalue weighted by atomic mass is 9.98. The van der Waals surface area contributed by atoms with Crippen molar-refractivity contribution in [3.8, 4) is 0 Å². The Bertz CT molecular complexity index is 1320. The molecule has 3 atom stereocenters. The summed E-state index contributed by atoms with van der Waals surface area (Å²) in [5.74, 6) is 0.186. The van der Waals surface area contributed by atoms with E-state index in [1.165, 1.54) is 13.0 Å². The first-order valence-electron chi connectivity index (χ1n) is 11.5. The molecule has 0 radical (unpaired) electrons. The fourth-order valence-electron chi connectivity index (χ4n) is 5.07. The van der Waals surface area contributed by atoms with Crippen LogP contribution in [0, 0.1) is 6.92 Å². The number of aromatic nitrogens is 2. The molecule has 2 aliphatic rings. The summed E-state index contributed by atoms with van der Waals surface area (Å²) in [5.41, 5.74) is -0.327. The van der Waals surface area contributed by atoms with Gasteiger partial charge in [-0.25, -0.2) is 4.98 Å². The predicted octanol–water partition coefficient (Wildman–Crippen LogP) is 4.43. The van der Waals surface area contributed by atoms with Crippen molar-refractivity contribution in [3.63, 3.8) is 0 Å². The van der Waals surface area contributed by atoms with Gasteiger partial charge in [0, 0.05) is 17.3 Å². The summed E-state index contributed by atoms with van der Waals surface area (Å²) in [6.07, 6.45) is -2.76. The van der Waals surface area contributed by atoms with Gasteiger partial charge >= 0.3 is 6.18 Å². The van der Waals surface area contributed by atoms with Crippen LogP contribution in [-0.4, -0.2) is 46.1 Å². The average Bonchev–Trinajstić information content (AvgIpc) is 3.05. The maximum absolute atomic E-state index is 13.9. The Kier molecular flexibility index (Phi) is 5.79. The van der Waals surface area contributed by atoms with Crippen molar-refractivity contribution in [1.82, 2.24) is 14.9 Å². The third-order valence-electron chi connectivity index (χ3n) is 6.76. The number of morpholine rings is 1. The fourth-order valence-corrected chi connectivity index (χ4v) is 5.07. The number of benzene rings is 2. The molecule has 2 bridgehead atoms. The van der Waals surface area contributed by atoms with Crippen molar-refractivity contribution in [1.29, 1.82) is 0 Å². The molecule has 0 unspecified atom stereocenters. The van der Waals surface area contributed by atoms with Crippen molar-refractivity contribution < 1.29 is 22.7 Å². The molecule has 0 aliphatic carbocycles. The maximum atomic E-state index is 13.9. The number of rotatable bonds is 4. The van der Waals surface area contributed by atoms with E-state index in [0.717, 1.165) is 18.9 Å². The minimum absolute atomic E-state index is 0.00512. The molecule has 184 valence electrons. The first-order valence-corrected chi connectivity index (χ1v) is 11.5.